The Morgan fingerprint density at radius 3 is 3.22 bits per heavy atom. The lowest BCUT2D eigenvalue weighted by atomic mass is 10.2. The Labute approximate surface area is 107 Å². The Kier molecular flexibility index (Phi) is 5.16. The van der Waals surface area contributed by atoms with Crippen LogP contribution in [0.1, 0.15) is 12.8 Å². The van der Waals surface area contributed by atoms with Crippen LogP contribution in [0.4, 0.5) is 11.8 Å². The number of ether oxygens (including phenoxy) is 2. The highest BCUT2D eigenvalue weighted by molar-refractivity contribution is 5.39. The van der Waals surface area contributed by atoms with Crippen LogP contribution in [0, 0.1) is 0 Å². The van der Waals surface area contributed by atoms with E-state index < -0.39 is 0 Å². The summed E-state index contributed by atoms with van der Waals surface area (Å²) in [5.74, 6) is 1.44. The predicted octanol–water partition coefficient (Wildman–Crippen LogP) is 1.13. The van der Waals surface area contributed by atoms with Gasteiger partial charge in [-0.2, -0.15) is 4.98 Å². The van der Waals surface area contributed by atoms with Gasteiger partial charge in [0.1, 0.15) is 5.82 Å². The van der Waals surface area contributed by atoms with Gasteiger partial charge in [0.15, 0.2) is 0 Å². The molecule has 0 bridgehead atoms. The lowest BCUT2D eigenvalue weighted by molar-refractivity contribution is 0.120. The van der Waals surface area contributed by atoms with Crippen molar-refractivity contribution >= 4 is 11.8 Å². The minimum atomic E-state index is 0.310. The highest BCUT2D eigenvalue weighted by atomic mass is 16.5. The van der Waals surface area contributed by atoms with Crippen molar-refractivity contribution in [2.75, 3.05) is 44.0 Å². The van der Waals surface area contributed by atoms with Crippen molar-refractivity contribution in [3.63, 3.8) is 0 Å². The monoisotopic (exact) mass is 252 g/mol. The molecule has 0 spiro atoms. The topological polar surface area (TPSA) is 68.3 Å². The van der Waals surface area contributed by atoms with Crippen molar-refractivity contribution in [3.8, 4) is 0 Å². The maximum atomic E-state index is 5.55. The average Bonchev–Trinajstić information content (AvgIpc) is 2.90. The van der Waals surface area contributed by atoms with Crippen LogP contribution in [0.3, 0.4) is 0 Å². The first kappa shape index (κ1) is 13.0. The van der Waals surface area contributed by atoms with E-state index >= 15 is 0 Å². The quantitative estimate of drug-likeness (QED) is 0.709. The van der Waals surface area contributed by atoms with Gasteiger partial charge in [0.05, 0.1) is 12.7 Å². The number of nitrogens with one attached hydrogen (secondary N) is 2. The second kappa shape index (κ2) is 7.13. The standard InChI is InChI=1S/C12H20N4O2/c1-17-8-6-14-12-13-5-4-11(16-12)15-9-10-3-2-7-18-10/h4-5,10H,2-3,6-9H2,1H3,(H2,13,14,15,16). The molecule has 0 amide bonds. The highest BCUT2D eigenvalue weighted by Gasteiger charge is 2.14. The van der Waals surface area contributed by atoms with Gasteiger partial charge in [-0.05, 0) is 18.9 Å². The normalized spacial score (nSPS) is 18.8. The number of hydrogen-bond donors (Lipinski definition) is 2. The molecule has 0 radical (unpaired) electrons. The van der Waals surface area contributed by atoms with Crippen molar-refractivity contribution in [1.82, 2.24) is 9.97 Å². The first-order valence-electron chi connectivity index (χ1n) is 6.30. The molecule has 1 unspecified atom stereocenters. The molecule has 1 aliphatic heterocycles. The van der Waals surface area contributed by atoms with E-state index in [0.29, 0.717) is 25.2 Å². The van der Waals surface area contributed by atoms with Crippen LogP contribution in [0.25, 0.3) is 0 Å². The van der Waals surface area contributed by atoms with E-state index in [0.717, 1.165) is 31.8 Å². The summed E-state index contributed by atoms with van der Waals surface area (Å²) in [6, 6.07) is 1.86. The Morgan fingerprint density at radius 2 is 2.44 bits per heavy atom. The molecule has 2 N–H and O–H groups in total. The number of aromatic nitrogens is 2. The Bertz CT molecular complexity index is 356. The molecule has 0 aliphatic carbocycles. The third-order valence-corrected chi connectivity index (χ3v) is 2.78. The van der Waals surface area contributed by atoms with Crippen LogP contribution in [-0.2, 0) is 9.47 Å². The van der Waals surface area contributed by atoms with E-state index in [1.165, 1.54) is 0 Å². The van der Waals surface area contributed by atoms with Gasteiger partial charge < -0.3 is 20.1 Å². The zero-order chi connectivity index (χ0) is 12.6. The fourth-order valence-corrected chi connectivity index (χ4v) is 1.83. The number of rotatable bonds is 7. The van der Waals surface area contributed by atoms with Crippen molar-refractivity contribution in [2.45, 2.75) is 18.9 Å². The van der Waals surface area contributed by atoms with Crippen molar-refractivity contribution in [3.05, 3.63) is 12.3 Å². The van der Waals surface area contributed by atoms with Gasteiger partial charge in [0.25, 0.3) is 0 Å². The summed E-state index contributed by atoms with van der Waals surface area (Å²) in [6.45, 7) is 3.01. The first-order chi connectivity index (χ1) is 8.88. The van der Waals surface area contributed by atoms with Gasteiger partial charge in [0, 0.05) is 33.0 Å². The van der Waals surface area contributed by atoms with Gasteiger partial charge >= 0.3 is 0 Å². The molecule has 1 saturated heterocycles. The maximum absolute atomic E-state index is 5.55. The Balaban J connectivity index is 1.78. The van der Waals surface area contributed by atoms with Crippen LogP contribution >= 0.6 is 0 Å². The summed E-state index contributed by atoms with van der Waals surface area (Å²) >= 11 is 0. The molecule has 18 heavy (non-hydrogen) atoms. The van der Waals surface area contributed by atoms with Crippen molar-refractivity contribution in [1.29, 1.82) is 0 Å². The molecule has 1 aromatic heterocycles. The summed E-state index contributed by atoms with van der Waals surface area (Å²) < 4.78 is 10.5. The number of methoxy groups -OCH3 is 1. The minimum Gasteiger partial charge on any atom is -0.383 e. The Morgan fingerprint density at radius 1 is 1.50 bits per heavy atom. The summed E-state index contributed by atoms with van der Waals surface area (Å²) in [7, 11) is 1.67. The maximum Gasteiger partial charge on any atom is 0.224 e. The van der Waals surface area contributed by atoms with Crippen LogP contribution in [0.5, 0.6) is 0 Å². The third-order valence-electron chi connectivity index (χ3n) is 2.78. The largest absolute Gasteiger partial charge is 0.383 e. The predicted molar refractivity (Wildman–Crippen MR) is 69.9 cm³/mol. The van der Waals surface area contributed by atoms with E-state index in [9.17, 15) is 0 Å². The van der Waals surface area contributed by atoms with Gasteiger partial charge in [-0.1, -0.05) is 0 Å². The Hall–Kier alpha value is -1.40. The fraction of sp³-hybridized carbons (Fsp3) is 0.667. The summed E-state index contributed by atoms with van der Waals surface area (Å²) in [5, 5.41) is 6.37. The molecule has 0 saturated carbocycles. The highest BCUT2D eigenvalue weighted by Crippen LogP contribution is 2.13. The lowest BCUT2D eigenvalue weighted by Crippen LogP contribution is -2.19. The number of hydrogen-bond acceptors (Lipinski definition) is 6. The second-order valence-corrected chi connectivity index (χ2v) is 4.20. The zero-order valence-electron chi connectivity index (χ0n) is 10.7. The molecule has 1 aliphatic rings. The lowest BCUT2D eigenvalue weighted by Gasteiger charge is -2.11. The number of nitrogens with zero attached hydrogens (tertiary/aromatic N) is 2. The molecule has 2 heterocycles. The molecular weight excluding hydrogens is 232 g/mol. The summed E-state index contributed by atoms with van der Waals surface area (Å²) in [6.07, 6.45) is 4.32. The van der Waals surface area contributed by atoms with Crippen molar-refractivity contribution in [2.24, 2.45) is 0 Å². The second-order valence-electron chi connectivity index (χ2n) is 4.20. The van der Waals surface area contributed by atoms with E-state index in [1.807, 2.05) is 6.07 Å². The van der Waals surface area contributed by atoms with E-state index in [4.69, 9.17) is 9.47 Å². The summed E-state index contributed by atoms with van der Waals surface area (Å²) in [4.78, 5) is 8.50. The van der Waals surface area contributed by atoms with Crippen LogP contribution in [-0.4, -0.2) is 49.5 Å². The summed E-state index contributed by atoms with van der Waals surface area (Å²) in [5.41, 5.74) is 0. The van der Waals surface area contributed by atoms with E-state index in [1.54, 1.807) is 13.3 Å². The van der Waals surface area contributed by atoms with Gasteiger partial charge in [-0.3, -0.25) is 0 Å². The van der Waals surface area contributed by atoms with Gasteiger partial charge in [-0.15, -0.1) is 0 Å². The van der Waals surface area contributed by atoms with Crippen LogP contribution < -0.4 is 10.6 Å². The van der Waals surface area contributed by atoms with Gasteiger partial charge in [0.2, 0.25) is 5.95 Å². The molecule has 2 rings (SSSR count). The molecule has 1 aromatic rings. The van der Waals surface area contributed by atoms with Crippen LogP contribution in [0.15, 0.2) is 12.3 Å². The first-order valence-corrected chi connectivity index (χ1v) is 6.30. The van der Waals surface area contributed by atoms with E-state index in [-0.39, 0.29) is 0 Å². The third kappa shape index (κ3) is 4.12. The van der Waals surface area contributed by atoms with E-state index in [2.05, 4.69) is 20.6 Å². The zero-order valence-corrected chi connectivity index (χ0v) is 10.7. The molecule has 100 valence electrons. The molecule has 1 atom stereocenters. The average molecular weight is 252 g/mol. The molecule has 6 heteroatoms. The van der Waals surface area contributed by atoms with Crippen LogP contribution in [0.2, 0.25) is 0 Å². The molecule has 1 fully saturated rings. The fourth-order valence-electron chi connectivity index (χ4n) is 1.83. The molecular formula is C12H20N4O2. The SMILES string of the molecule is COCCNc1nccc(NCC2CCCO2)n1. The molecule has 0 aromatic carbocycles. The number of anilines is 2. The minimum absolute atomic E-state index is 0.310. The smallest absolute Gasteiger partial charge is 0.224 e. The van der Waals surface area contributed by atoms with Gasteiger partial charge in [-0.25, -0.2) is 4.98 Å². The van der Waals surface area contributed by atoms with Crippen molar-refractivity contribution < 1.29 is 9.47 Å². The molecule has 6 nitrogen and oxygen atoms in total.